The van der Waals surface area contributed by atoms with Crippen LogP contribution in [0.25, 0.3) is 10.9 Å². The fourth-order valence-corrected chi connectivity index (χ4v) is 3.48. The van der Waals surface area contributed by atoms with Crippen LogP contribution >= 0.6 is 15.9 Å². The molecule has 156 valence electrons. The molecule has 0 radical (unpaired) electrons. The number of nitrogens with one attached hydrogen (secondary N) is 1. The van der Waals surface area contributed by atoms with E-state index in [-0.39, 0.29) is 17.6 Å². The Kier molecular flexibility index (Phi) is 5.77. The molecule has 1 amide bonds. The predicted molar refractivity (Wildman–Crippen MR) is 120 cm³/mol. The molecule has 3 heterocycles. The summed E-state index contributed by atoms with van der Waals surface area (Å²) in [6.45, 7) is 0.433. The van der Waals surface area contributed by atoms with Crippen LogP contribution in [0.15, 0.2) is 75.1 Å². The molecule has 0 spiro atoms. The van der Waals surface area contributed by atoms with Gasteiger partial charge in [-0.1, -0.05) is 28.1 Å². The van der Waals surface area contributed by atoms with Crippen LogP contribution in [0.5, 0.6) is 0 Å². The number of hydrogen-bond acceptors (Lipinski definition) is 5. The maximum atomic E-state index is 13.1. The van der Waals surface area contributed by atoms with E-state index in [1.165, 1.54) is 16.8 Å². The maximum absolute atomic E-state index is 13.1. The van der Waals surface area contributed by atoms with E-state index >= 15 is 0 Å². The molecule has 1 aromatic carbocycles. The SMILES string of the molecule is Cn1c(=O)n(Cc2ccc(Br)cc2)c(=O)c2cc(C(=O)NCc3ccncc3)ncc21. The van der Waals surface area contributed by atoms with Gasteiger partial charge in [0.2, 0.25) is 0 Å². The number of aromatic nitrogens is 4. The summed E-state index contributed by atoms with van der Waals surface area (Å²) in [4.78, 5) is 46.5. The highest BCUT2D eigenvalue weighted by Crippen LogP contribution is 2.12. The second-order valence-electron chi connectivity index (χ2n) is 6.98. The van der Waals surface area contributed by atoms with Gasteiger partial charge in [0.1, 0.15) is 5.69 Å². The number of aryl methyl sites for hydroxylation is 1. The predicted octanol–water partition coefficient (Wildman–Crippen LogP) is 2.23. The second-order valence-corrected chi connectivity index (χ2v) is 7.90. The first kappa shape index (κ1) is 20.7. The van der Waals surface area contributed by atoms with Gasteiger partial charge in [-0.25, -0.2) is 9.78 Å². The molecule has 8 nitrogen and oxygen atoms in total. The van der Waals surface area contributed by atoms with Gasteiger partial charge in [-0.3, -0.25) is 23.7 Å². The van der Waals surface area contributed by atoms with Gasteiger partial charge in [0.25, 0.3) is 11.5 Å². The van der Waals surface area contributed by atoms with Crippen molar-refractivity contribution in [3.63, 3.8) is 0 Å². The normalized spacial score (nSPS) is 10.9. The minimum absolute atomic E-state index is 0.104. The lowest BCUT2D eigenvalue weighted by atomic mass is 10.2. The summed E-state index contributed by atoms with van der Waals surface area (Å²) >= 11 is 3.37. The molecule has 0 saturated heterocycles. The molecule has 9 heteroatoms. The second kappa shape index (κ2) is 8.65. The number of hydrogen-bond donors (Lipinski definition) is 1. The van der Waals surface area contributed by atoms with E-state index in [1.54, 1.807) is 31.6 Å². The molecule has 0 fully saturated rings. The Bertz CT molecular complexity index is 1380. The van der Waals surface area contributed by atoms with Gasteiger partial charge in [0.05, 0.1) is 23.6 Å². The third kappa shape index (κ3) is 4.31. The first-order chi connectivity index (χ1) is 14.9. The van der Waals surface area contributed by atoms with Crippen LogP contribution < -0.4 is 16.6 Å². The number of rotatable bonds is 5. The first-order valence-electron chi connectivity index (χ1n) is 9.45. The molecule has 0 bridgehead atoms. The molecule has 0 atom stereocenters. The molecule has 3 aromatic heterocycles. The van der Waals surface area contributed by atoms with Crippen molar-refractivity contribution >= 4 is 32.7 Å². The number of fused-ring (bicyclic) bond motifs is 1. The summed E-state index contributed by atoms with van der Waals surface area (Å²) in [5, 5.41) is 3.03. The molecule has 0 unspecified atom stereocenters. The van der Waals surface area contributed by atoms with Crippen molar-refractivity contribution in [3.05, 3.63) is 103 Å². The number of pyridine rings is 2. The van der Waals surface area contributed by atoms with Gasteiger partial charge in [0.15, 0.2) is 0 Å². The van der Waals surface area contributed by atoms with Gasteiger partial charge in [-0.05, 0) is 41.5 Å². The Balaban J connectivity index is 1.69. The average Bonchev–Trinajstić information content (AvgIpc) is 2.80. The van der Waals surface area contributed by atoms with Gasteiger partial charge in [-0.15, -0.1) is 0 Å². The van der Waals surface area contributed by atoms with Crippen molar-refractivity contribution in [1.82, 2.24) is 24.4 Å². The molecule has 4 aromatic rings. The molecular weight excluding hydrogens is 462 g/mol. The lowest BCUT2D eigenvalue weighted by molar-refractivity contribution is 0.0946. The number of carbonyl (C=O) groups is 1. The van der Waals surface area contributed by atoms with E-state index in [1.807, 2.05) is 24.3 Å². The number of amides is 1. The topological polar surface area (TPSA) is 98.9 Å². The van der Waals surface area contributed by atoms with Crippen molar-refractivity contribution in [3.8, 4) is 0 Å². The smallest absolute Gasteiger partial charge is 0.331 e. The van der Waals surface area contributed by atoms with E-state index < -0.39 is 17.2 Å². The fraction of sp³-hybridized carbons (Fsp3) is 0.136. The number of nitrogens with zero attached hydrogens (tertiary/aromatic N) is 4. The zero-order valence-electron chi connectivity index (χ0n) is 16.6. The monoisotopic (exact) mass is 479 g/mol. The molecule has 0 aliphatic heterocycles. The summed E-state index contributed by atoms with van der Waals surface area (Å²) in [5.74, 6) is -0.411. The quantitative estimate of drug-likeness (QED) is 0.473. The summed E-state index contributed by atoms with van der Waals surface area (Å²) in [5.41, 5.74) is 1.26. The standard InChI is InChI=1S/C22H18BrN5O3/c1-27-19-12-25-18(20(29)26-11-14-6-8-24-9-7-14)10-17(19)21(30)28(22(27)31)13-15-2-4-16(23)5-3-15/h2-10,12H,11,13H2,1H3,(H,26,29). The van der Waals surface area contributed by atoms with E-state index in [0.29, 0.717) is 12.1 Å². The highest BCUT2D eigenvalue weighted by Gasteiger charge is 2.15. The van der Waals surface area contributed by atoms with Crippen LogP contribution in [0.2, 0.25) is 0 Å². The zero-order chi connectivity index (χ0) is 22.0. The summed E-state index contributed by atoms with van der Waals surface area (Å²) in [6.07, 6.45) is 4.66. The minimum Gasteiger partial charge on any atom is -0.347 e. The van der Waals surface area contributed by atoms with Crippen LogP contribution in [0.1, 0.15) is 21.6 Å². The third-order valence-corrected chi connectivity index (χ3v) is 5.46. The molecule has 31 heavy (non-hydrogen) atoms. The summed E-state index contributed by atoms with van der Waals surface area (Å²) in [6, 6.07) is 12.4. The highest BCUT2D eigenvalue weighted by molar-refractivity contribution is 9.10. The van der Waals surface area contributed by atoms with E-state index in [9.17, 15) is 14.4 Å². The van der Waals surface area contributed by atoms with Crippen molar-refractivity contribution in [2.75, 3.05) is 0 Å². The van der Waals surface area contributed by atoms with Crippen molar-refractivity contribution in [1.29, 1.82) is 0 Å². The molecule has 0 aliphatic carbocycles. The van der Waals surface area contributed by atoms with Crippen molar-refractivity contribution in [2.24, 2.45) is 7.05 Å². The molecule has 0 saturated carbocycles. The lowest BCUT2D eigenvalue weighted by Gasteiger charge is -2.12. The van der Waals surface area contributed by atoms with Crippen molar-refractivity contribution < 1.29 is 4.79 Å². The molecule has 1 N–H and O–H groups in total. The number of carbonyl (C=O) groups excluding carboxylic acids is 1. The molecular formula is C22H18BrN5O3. The number of halogens is 1. The minimum atomic E-state index is -0.466. The summed E-state index contributed by atoms with van der Waals surface area (Å²) in [7, 11) is 1.58. The average molecular weight is 480 g/mol. The maximum Gasteiger partial charge on any atom is 0.331 e. The zero-order valence-corrected chi connectivity index (χ0v) is 18.2. The van der Waals surface area contributed by atoms with Gasteiger partial charge in [-0.2, -0.15) is 0 Å². The van der Waals surface area contributed by atoms with E-state index in [2.05, 4.69) is 31.2 Å². The van der Waals surface area contributed by atoms with Gasteiger partial charge in [0, 0.05) is 30.5 Å². The Morgan fingerprint density at radius 2 is 1.77 bits per heavy atom. The van der Waals surface area contributed by atoms with Crippen LogP contribution in [-0.4, -0.2) is 25.0 Å². The van der Waals surface area contributed by atoms with E-state index in [4.69, 9.17) is 0 Å². The summed E-state index contributed by atoms with van der Waals surface area (Å²) < 4.78 is 3.43. The first-order valence-corrected chi connectivity index (χ1v) is 10.2. The van der Waals surface area contributed by atoms with Crippen LogP contribution in [-0.2, 0) is 20.1 Å². The lowest BCUT2D eigenvalue weighted by Crippen LogP contribution is -2.39. The number of benzene rings is 1. The molecule has 4 rings (SSSR count). The Morgan fingerprint density at radius 3 is 2.48 bits per heavy atom. The molecule has 0 aliphatic rings. The van der Waals surface area contributed by atoms with Crippen molar-refractivity contribution in [2.45, 2.75) is 13.1 Å². The van der Waals surface area contributed by atoms with Crippen LogP contribution in [0.4, 0.5) is 0 Å². The Labute approximate surface area is 185 Å². The van der Waals surface area contributed by atoms with Crippen LogP contribution in [0, 0.1) is 0 Å². The fourth-order valence-electron chi connectivity index (χ4n) is 3.21. The largest absolute Gasteiger partial charge is 0.347 e. The van der Waals surface area contributed by atoms with Gasteiger partial charge >= 0.3 is 5.69 Å². The highest BCUT2D eigenvalue weighted by atomic mass is 79.9. The Morgan fingerprint density at radius 1 is 1.06 bits per heavy atom. The third-order valence-electron chi connectivity index (χ3n) is 4.93. The van der Waals surface area contributed by atoms with E-state index in [0.717, 1.165) is 20.2 Å². The van der Waals surface area contributed by atoms with Gasteiger partial charge < -0.3 is 5.32 Å². The Hall–Kier alpha value is -3.59. The van der Waals surface area contributed by atoms with Crippen LogP contribution in [0.3, 0.4) is 0 Å².